The molecule has 0 aliphatic carbocycles. The summed E-state index contributed by atoms with van der Waals surface area (Å²) in [5, 5.41) is 12.0. The van der Waals surface area contributed by atoms with E-state index in [9.17, 15) is 10.1 Å². The van der Waals surface area contributed by atoms with Crippen molar-refractivity contribution >= 4 is 37.8 Å². The normalized spacial score (nSPS) is 10.8. The van der Waals surface area contributed by atoms with Gasteiger partial charge in [0.05, 0.1) is 11.6 Å². The number of halogens is 2. The summed E-state index contributed by atoms with van der Waals surface area (Å²) in [6, 6.07) is 7.51. The Morgan fingerprint density at radius 2 is 2.00 bits per heavy atom. The average molecular weight is 374 g/mol. The van der Waals surface area contributed by atoms with Crippen LogP contribution in [0.1, 0.15) is 37.0 Å². The molecular formula is C13H14Br2N2O. The summed E-state index contributed by atoms with van der Waals surface area (Å²) in [7, 11) is 0. The molecule has 1 rings (SSSR count). The van der Waals surface area contributed by atoms with Crippen molar-refractivity contribution in [3.05, 3.63) is 32.7 Å². The first kappa shape index (κ1) is 15.2. The molecule has 96 valence electrons. The van der Waals surface area contributed by atoms with Gasteiger partial charge in [0.1, 0.15) is 5.54 Å². The lowest BCUT2D eigenvalue weighted by Crippen LogP contribution is -2.46. The molecule has 0 heterocycles. The molecule has 0 bridgehead atoms. The number of nitrogens with zero attached hydrogens (tertiary/aromatic N) is 1. The molecule has 3 nitrogen and oxygen atoms in total. The molecule has 0 saturated carbocycles. The minimum atomic E-state index is -0.788. The van der Waals surface area contributed by atoms with Gasteiger partial charge in [0, 0.05) is 8.95 Å². The van der Waals surface area contributed by atoms with E-state index in [1.807, 2.05) is 13.8 Å². The Morgan fingerprint density at radius 1 is 1.39 bits per heavy atom. The summed E-state index contributed by atoms with van der Waals surface area (Å²) in [5.41, 5.74) is -0.261. The quantitative estimate of drug-likeness (QED) is 0.866. The number of nitrogens with one attached hydrogen (secondary N) is 1. The number of amides is 1. The van der Waals surface area contributed by atoms with Crippen LogP contribution in [0.3, 0.4) is 0 Å². The van der Waals surface area contributed by atoms with Crippen molar-refractivity contribution in [1.29, 1.82) is 5.26 Å². The van der Waals surface area contributed by atoms with Gasteiger partial charge >= 0.3 is 0 Å². The van der Waals surface area contributed by atoms with Crippen molar-refractivity contribution in [2.24, 2.45) is 0 Å². The van der Waals surface area contributed by atoms with E-state index in [0.717, 1.165) is 4.47 Å². The van der Waals surface area contributed by atoms with E-state index in [0.29, 0.717) is 22.9 Å². The fourth-order valence-electron chi connectivity index (χ4n) is 1.57. The lowest BCUT2D eigenvalue weighted by Gasteiger charge is -2.25. The minimum absolute atomic E-state index is 0.236. The monoisotopic (exact) mass is 372 g/mol. The Morgan fingerprint density at radius 3 is 2.44 bits per heavy atom. The van der Waals surface area contributed by atoms with Crippen LogP contribution < -0.4 is 5.32 Å². The zero-order valence-electron chi connectivity index (χ0n) is 10.3. The van der Waals surface area contributed by atoms with E-state index in [2.05, 4.69) is 43.2 Å². The molecule has 0 aliphatic heterocycles. The SMILES string of the molecule is CCC(C#N)(CC)NC(=O)c1ccc(Br)cc1Br. The molecular weight excluding hydrogens is 360 g/mol. The van der Waals surface area contributed by atoms with Gasteiger partial charge in [-0.3, -0.25) is 4.79 Å². The maximum absolute atomic E-state index is 12.2. The molecule has 0 radical (unpaired) electrons. The third kappa shape index (κ3) is 3.33. The molecule has 0 fully saturated rings. The van der Waals surface area contributed by atoms with Gasteiger partial charge in [0.25, 0.3) is 5.91 Å². The Balaban J connectivity index is 2.99. The van der Waals surface area contributed by atoms with Gasteiger partial charge in [0.2, 0.25) is 0 Å². The zero-order chi connectivity index (χ0) is 13.8. The topological polar surface area (TPSA) is 52.9 Å². The van der Waals surface area contributed by atoms with Crippen molar-refractivity contribution < 1.29 is 4.79 Å². The molecule has 1 aromatic rings. The highest BCUT2D eigenvalue weighted by Gasteiger charge is 2.28. The van der Waals surface area contributed by atoms with Crippen LogP contribution in [0.15, 0.2) is 27.1 Å². The second-order valence-corrected chi connectivity index (χ2v) is 5.75. The number of rotatable bonds is 4. The first-order valence-electron chi connectivity index (χ1n) is 5.67. The number of hydrogen-bond acceptors (Lipinski definition) is 2. The third-order valence-corrected chi connectivity index (χ3v) is 4.10. The van der Waals surface area contributed by atoms with E-state index in [-0.39, 0.29) is 5.91 Å². The summed E-state index contributed by atoms with van der Waals surface area (Å²) < 4.78 is 1.59. The van der Waals surface area contributed by atoms with Crippen LogP contribution in [0.2, 0.25) is 0 Å². The van der Waals surface area contributed by atoms with Gasteiger partial charge in [-0.05, 0) is 47.0 Å². The number of hydrogen-bond donors (Lipinski definition) is 1. The number of benzene rings is 1. The third-order valence-electron chi connectivity index (χ3n) is 2.95. The highest BCUT2D eigenvalue weighted by molar-refractivity contribution is 9.11. The minimum Gasteiger partial charge on any atom is -0.334 e. The van der Waals surface area contributed by atoms with Gasteiger partial charge in [0.15, 0.2) is 0 Å². The Labute approximate surface area is 124 Å². The zero-order valence-corrected chi connectivity index (χ0v) is 13.4. The van der Waals surface area contributed by atoms with Gasteiger partial charge in [-0.25, -0.2) is 0 Å². The highest BCUT2D eigenvalue weighted by atomic mass is 79.9. The van der Waals surface area contributed by atoms with Crippen molar-refractivity contribution in [2.45, 2.75) is 32.2 Å². The van der Waals surface area contributed by atoms with Crippen LogP contribution in [0.25, 0.3) is 0 Å². The van der Waals surface area contributed by atoms with E-state index in [4.69, 9.17) is 0 Å². The van der Waals surface area contributed by atoms with E-state index in [1.54, 1.807) is 18.2 Å². The lowest BCUT2D eigenvalue weighted by molar-refractivity contribution is 0.0914. The second-order valence-electron chi connectivity index (χ2n) is 3.98. The molecule has 0 atom stereocenters. The molecule has 1 N–H and O–H groups in total. The molecule has 0 saturated heterocycles. The smallest absolute Gasteiger partial charge is 0.253 e. The summed E-state index contributed by atoms with van der Waals surface area (Å²) in [6.45, 7) is 3.78. The average Bonchev–Trinajstić information content (AvgIpc) is 2.36. The summed E-state index contributed by atoms with van der Waals surface area (Å²) >= 11 is 6.68. The first-order valence-corrected chi connectivity index (χ1v) is 7.25. The van der Waals surface area contributed by atoms with Crippen LogP contribution in [0, 0.1) is 11.3 Å². The van der Waals surface area contributed by atoms with Crippen LogP contribution >= 0.6 is 31.9 Å². The van der Waals surface area contributed by atoms with E-state index in [1.165, 1.54) is 0 Å². The predicted molar refractivity (Wildman–Crippen MR) is 78.2 cm³/mol. The highest BCUT2D eigenvalue weighted by Crippen LogP contribution is 2.23. The molecule has 0 aromatic heterocycles. The molecule has 1 aromatic carbocycles. The number of carbonyl (C=O) groups excluding carboxylic acids is 1. The van der Waals surface area contributed by atoms with Gasteiger partial charge < -0.3 is 5.32 Å². The summed E-state index contributed by atoms with van der Waals surface area (Å²) in [4.78, 5) is 12.2. The van der Waals surface area contributed by atoms with Crippen LogP contribution in [0.5, 0.6) is 0 Å². The van der Waals surface area contributed by atoms with Crippen molar-refractivity contribution in [1.82, 2.24) is 5.32 Å². The van der Waals surface area contributed by atoms with Crippen LogP contribution in [-0.4, -0.2) is 11.4 Å². The Bertz CT molecular complexity index is 490. The Kier molecular flexibility index (Phi) is 5.36. The molecule has 0 unspecified atom stereocenters. The van der Waals surface area contributed by atoms with Crippen molar-refractivity contribution in [2.75, 3.05) is 0 Å². The Hall–Kier alpha value is -0.860. The van der Waals surface area contributed by atoms with Crippen molar-refractivity contribution in [3.63, 3.8) is 0 Å². The summed E-state index contributed by atoms with van der Waals surface area (Å²) in [5.74, 6) is -0.236. The van der Waals surface area contributed by atoms with Crippen LogP contribution in [0.4, 0.5) is 0 Å². The first-order chi connectivity index (χ1) is 8.48. The molecule has 0 spiro atoms. The molecule has 1 amide bonds. The molecule has 5 heteroatoms. The fraction of sp³-hybridized carbons (Fsp3) is 0.385. The second kappa shape index (κ2) is 6.35. The lowest BCUT2D eigenvalue weighted by atomic mass is 9.94. The van der Waals surface area contributed by atoms with Crippen LogP contribution in [-0.2, 0) is 0 Å². The summed E-state index contributed by atoms with van der Waals surface area (Å²) in [6.07, 6.45) is 1.17. The predicted octanol–water partition coefficient (Wildman–Crippen LogP) is 4.02. The van der Waals surface area contributed by atoms with Gasteiger partial charge in [-0.2, -0.15) is 5.26 Å². The standard InChI is InChI=1S/C13H14Br2N2O/c1-3-13(4-2,8-16)17-12(18)10-6-5-9(14)7-11(10)15/h5-7H,3-4H2,1-2H3,(H,17,18). The maximum atomic E-state index is 12.2. The van der Waals surface area contributed by atoms with Gasteiger partial charge in [-0.1, -0.05) is 29.8 Å². The van der Waals surface area contributed by atoms with Gasteiger partial charge in [-0.15, -0.1) is 0 Å². The van der Waals surface area contributed by atoms with Crippen molar-refractivity contribution in [3.8, 4) is 6.07 Å². The molecule has 18 heavy (non-hydrogen) atoms. The molecule has 0 aliphatic rings. The number of carbonyl (C=O) groups is 1. The number of nitriles is 1. The fourth-order valence-corrected chi connectivity index (χ4v) is 2.80. The maximum Gasteiger partial charge on any atom is 0.253 e. The van der Waals surface area contributed by atoms with E-state index >= 15 is 0 Å². The van der Waals surface area contributed by atoms with E-state index < -0.39 is 5.54 Å². The largest absolute Gasteiger partial charge is 0.334 e.